The van der Waals surface area contributed by atoms with Gasteiger partial charge in [-0.05, 0) is 24.6 Å². The van der Waals surface area contributed by atoms with Crippen molar-refractivity contribution in [1.82, 2.24) is 10.2 Å². The first-order valence-corrected chi connectivity index (χ1v) is 8.02. The van der Waals surface area contributed by atoms with Crippen LogP contribution in [0.1, 0.15) is 30.9 Å². The molecular formula is C17H19F3N2O4. The van der Waals surface area contributed by atoms with E-state index in [1.807, 2.05) is 0 Å². The van der Waals surface area contributed by atoms with Crippen LogP contribution < -0.4 is 5.32 Å². The average molecular weight is 372 g/mol. The van der Waals surface area contributed by atoms with Crippen LogP contribution >= 0.6 is 0 Å². The summed E-state index contributed by atoms with van der Waals surface area (Å²) in [6.45, 7) is 1.61. The van der Waals surface area contributed by atoms with Crippen molar-refractivity contribution < 1.29 is 32.7 Å². The minimum Gasteiger partial charge on any atom is -0.481 e. The molecule has 1 aliphatic heterocycles. The summed E-state index contributed by atoms with van der Waals surface area (Å²) in [6, 6.07) is 4.12. The number of nitrogens with one attached hydrogen (secondary N) is 1. The lowest BCUT2D eigenvalue weighted by atomic mass is 10.1. The molecule has 2 rings (SSSR count). The predicted octanol–water partition coefficient (Wildman–Crippen LogP) is 2.03. The molecular weight excluding hydrogens is 353 g/mol. The molecule has 0 aliphatic carbocycles. The molecule has 0 radical (unpaired) electrons. The van der Waals surface area contributed by atoms with Gasteiger partial charge < -0.3 is 15.3 Å². The number of rotatable bonds is 6. The maximum Gasteiger partial charge on any atom is 0.416 e. The number of carbonyl (C=O) groups is 3. The minimum absolute atomic E-state index is 0.0167. The molecule has 1 aliphatic rings. The number of nitrogens with zero attached hydrogens (tertiary/aromatic N) is 1. The number of carboxylic acids is 1. The normalized spacial score (nSPS) is 18.7. The van der Waals surface area contributed by atoms with E-state index in [9.17, 15) is 27.6 Å². The van der Waals surface area contributed by atoms with Crippen LogP contribution in [-0.4, -0.2) is 40.4 Å². The number of aliphatic carboxylic acids is 1. The quantitative estimate of drug-likeness (QED) is 0.800. The van der Waals surface area contributed by atoms with Gasteiger partial charge in [0.05, 0.1) is 17.9 Å². The van der Waals surface area contributed by atoms with Gasteiger partial charge in [-0.15, -0.1) is 0 Å². The van der Waals surface area contributed by atoms with E-state index in [1.165, 1.54) is 17.0 Å². The van der Waals surface area contributed by atoms with Crippen molar-refractivity contribution >= 4 is 17.8 Å². The van der Waals surface area contributed by atoms with Gasteiger partial charge in [-0.1, -0.05) is 12.1 Å². The summed E-state index contributed by atoms with van der Waals surface area (Å²) in [5.41, 5.74) is -0.466. The van der Waals surface area contributed by atoms with Crippen molar-refractivity contribution in [3.05, 3.63) is 35.4 Å². The Bertz CT molecular complexity index is 705. The molecule has 1 aromatic rings. The van der Waals surface area contributed by atoms with Gasteiger partial charge in [0, 0.05) is 25.6 Å². The van der Waals surface area contributed by atoms with Crippen LogP contribution in [0.4, 0.5) is 13.2 Å². The van der Waals surface area contributed by atoms with Gasteiger partial charge >= 0.3 is 12.1 Å². The summed E-state index contributed by atoms with van der Waals surface area (Å²) >= 11 is 0. The molecule has 9 heteroatoms. The van der Waals surface area contributed by atoms with Gasteiger partial charge in [-0.3, -0.25) is 14.4 Å². The molecule has 0 bridgehead atoms. The fourth-order valence-corrected chi connectivity index (χ4v) is 2.84. The first-order chi connectivity index (χ1) is 12.1. The second-order valence-electron chi connectivity index (χ2n) is 6.38. The van der Waals surface area contributed by atoms with Crippen LogP contribution in [0.5, 0.6) is 0 Å². The molecule has 1 heterocycles. The molecule has 1 saturated heterocycles. The Balaban J connectivity index is 1.98. The Morgan fingerprint density at radius 3 is 2.69 bits per heavy atom. The second-order valence-corrected chi connectivity index (χ2v) is 6.38. The summed E-state index contributed by atoms with van der Waals surface area (Å²) < 4.78 is 38.3. The van der Waals surface area contributed by atoms with E-state index in [4.69, 9.17) is 5.11 Å². The fraction of sp³-hybridized carbons (Fsp3) is 0.471. The van der Waals surface area contributed by atoms with Crippen molar-refractivity contribution in [2.45, 2.75) is 38.5 Å². The zero-order valence-corrected chi connectivity index (χ0v) is 14.0. The van der Waals surface area contributed by atoms with E-state index < -0.39 is 35.6 Å². The van der Waals surface area contributed by atoms with Crippen molar-refractivity contribution in [1.29, 1.82) is 0 Å². The highest BCUT2D eigenvalue weighted by molar-refractivity contribution is 5.89. The molecule has 1 aromatic carbocycles. The monoisotopic (exact) mass is 372 g/mol. The van der Waals surface area contributed by atoms with E-state index >= 15 is 0 Å². The van der Waals surface area contributed by atoms with E-state index in [2.05, 4.69) is 5.32 Å². The average Bonchev–Trinajstić information content (AvgIpc) is 2.87. The molecule has 0 saturated carbocycles. The Hall–Kier alpha value is -2.58. The van der Waals surface area contributed by atoms with Gasteiger partial charge in [0.1, 0.15) is 0 Å². The minimum atomic E-state index is -4.46. The number of amides is 2. The number of likely N-dealkylation sites (tertiary alicyclic amines) is 1. The lowest BCUT2D eigenvalue weighted by molar-refractivity contribution is -0.138. The first kappa shape index (κ1) is 19.7. The summed E-state index contributed by atoms with van der Waals surface area (Å²) in [6.07, 6.45) is -4.75. The van der Waals surface area contributed by atoms with Crippen molar-refractivity contribution in [2.75, 3.05) is 6.54 Å². The topological polar surface area (TPSA) is 86.7 Å². The summed E-state index contributed by atoms with van der Waals surface area (Å²) in [7, 11) is 0. The lowest BCUT2D eigenvalue weighted by Crippen LogP contribution is -2.39. The van der Waals surface area contributed by atoms with Crippen molar-refractivity contribution in [3.63, 3.8) is 0 Å². The van der Waals surface area contributed by atoms with Crippen molar-refractivity contribution in [2.24, 2.45) is 5.92 Å². The standard InChI is InChI=1S/C17H19F3N2O4/c1-10(5-15(24)25)21-16(26)12-7-14(23)22(9-12)8-11-3-2-4-13(6-11)17(18,19)20/h2-4,6,10,12H,5,7-9H2,1H3,(H,21,26)(H,24,25). The van der Waals surface area contributed by atoms with Gasteiger partial charge in [0.25, 0.3) is 0 Å². The molecule has 0 spiro atoms. The largest absolute Gasteiger partial charge is 0.481 e. The maximum atomic E-state index is 12.8. The Kier molecular flexibility index (Phi) is 5.89. The second kappa shape index (κ2) is 7.76. The van der Waals surface area contributed by atoms with Crippen molar-refractivity contribution in [3.8, 4) is 0 Å². The van der Waals surface area contributed by atoms with Crippen LogP contribution in [0.3, 0.4) is 0 Å². The van der Waals surface area contributed by atoms with Gasteiger partial charge in [-0.2, -0.15) is 13.2 Å². The molecule has 26 heavy (non-hydrogen) atoms. The third-order valence-corrected chi connectivity index (χ3v) is 4.08. The number of halogens is 3. The molecule has 142 valence electrons. The van der Waals surface area contributed by atoms with Crippen LogP contribution in [0, 0.1) is 5.92 Å². The zero-order chi connectivity index (χ0) is 19.5. The summed E-state index contributed by atoms with van der Waals surface area (Å²) in [4.78, 5) is 36.2. The molecule has 2 N–H and O–H groups in total. The number of hydrogen-bond acceptors (Lipinski definition) is 3. The number of hydrogen-bond donors (Lipinski definition) is 2. The van der Waals surface area contributed by atoms with Gasteiger partial charge in [-0.25, -0.2) is 0 Å². The van der Waals surface area contributed by atoms with E-state index in [0.29, 0.717) is 5.56 Å². The Morgan fingerprint density at radius 1 is 1.38 bits per heavy atom. The maximum absolute atomic E-state index is 12.8. The molecule has 2 unspecified atom stereocenters. The SMILES string of the molecule is CC(CC(=O)O)NC(=O)C1CC(=O)N(Cc2cccc(C(F)(F)F)c2)C1. The van der Waals surface area contributed by atoms with Crippen LogP contribution in [-0.2, 0) is 27.1 Å². The van der Waals surface area contributed by atoms with Gasteiger partial charge in [0.2, 0.25) is 11.8 Å². The third kappa shape index (κ3) is 5.21. The fourth-order valence-electron chi connectivity index (χ4n) is 2.84. The summed E-state index contributed by atoms with van der Waals surface area (Å²) in [5.74, 6) is -2.46. The number of alkyl halides is 3. The van der Waals surface area contributed by atoms with E-state index in [1.54, 1.807) is 6.92 Å². The first-order valence-electron chi connectivity index (χ1n) is 8.02. The molecule has 6 nitrogen and oxygen atoms in total. The Morgan fingerprint density at radius 2 is 2.08 bits per heavy atom. The third-order valence-electron chi connectivity index (χ3n) is 4.08. The summed E-state index contributed by atoms with van der Waals surface area (Å²) in [5, 5.41) is 11.2. The van der Waals surface area contributed by atoms with Crippen LogP contribution in [0.2, 0.25) is 0 Å². The highest BCUT2D eigenvalue weighted by atomic mass is 19.4. The molecule has 2 atom stereocenters. The van der Waals surface area contributed by atoms with Crippen LogP contribution in [0.15, 0.2) is 24.3 Å². The molecule has 0 aromatic heterocycles. The molecule has 2 amide bonds. The molecule has 1 fully saturated rings. The van der Waals surface area contributed by atoms with E-state index in [-0.39, 0.29) is 31.8 Å². The number of benzene rings is 1. The highest BCUT2D eigenvalue weighted by Gasteiger charge is 2.35. The van der Waals surface area contributed by atoms with Gasteiger partial charge in [0.15, 0.2) is 0 Å². The number of carbonyl (C=O) groups excluding carboxylic acids is 2. The van der Waals surface area contributed by atoms with E-state index in [0.717, 1.165) is 12.1 Å². The zero-order valence-electron chi connectivity index (χ0n) is 14.0. The highest BCUT2D eigenvalue weighted by Crippen LogP contribution is 2.30. The lowest BCUT2D eigenvalue weighted by Gasteiger charge is -2.18. The van der Waals surface area contributed by atoms with Crippen LogP contribution in [0.25, 0.3) is 0 Å². The number of carboxylic acid groups (broad SMARTS) is 1. The Labute approximate surface area is 148 Å². The predicted molar refractivity (Wildman–Crippen MR) is 84.8 cm³/mol. The smallest absolute Gasteiger partial charge is 0.416 e.